The lowest BCUT2D eigenvalue weighted by molar-refractivity contribution is -0.239. The first-order chi connectivity index (χ1) is 14.3. The Labute approximate surface area is 166 Å². The van der Waals surface area contributed by atoms with Gasteiger partial charge in [-0.05, 0) is 29.0 Å². The number of fused-ring (bicyclic) bond motifs is 1. The van der Waals surface area contributed by atoms with Gasteiger partial charge in [0, 0.05) is 30.3 Å². The molecule has 2 aromatic rings. The number of rotatable bonds is 4. The average molecular weight is 421 g/mol. The highest BCUT2D eigenvalue weighted by molar-refractivity contribution is 5.79. The Morgan fingerprint density at radius 2 is 2.27 bits per heavy atom. The lowest BCUT2D eigenvalue weighted by atomic mass is 9.81. The molecule has 2 aliphatic heterocycles. The summed E-state index contributed by atoms with van der Waals surface area (Å²) in [5.74, 6) is -2.96. The van der Waals surface area contributed by atoms with Gasteiger partial charge in [0.05, 0.1) is 11.6 Å². The number of carbonyl (C=O) groups is 1. The Morgan fingerprint density at radius 1 is 1.47 bits per heavy atom. The SMILES string of the molecule is CNCC1=C(C#N)C(c2cccc3nonc23)C2=C(N1)N(OC(=O)C(F)(F)F)NC2. The van der Waals surface area contributed by atoms with Crippen LogP contribution in [0.2, 0.25) is 0 Å². The number of nitrogens with zero attached hydrogens (tertiary/aromatic N) is 4. The van der Waals surface area contributed by atoms with Gasteiger partial charge in [0.2, 0.25) is 0 Å². The van der Waals surface area contributed by atoms with Gasteiger partial charge in [-0.15, -0.1) is 5.17 Å². The summed E-state index contributed by atoms with van der Waals surface area (Å²) >= 11 is 0. The van der Waals surface area contributed by atoms with Gasteiger partial charge in [0.1, 0.15) is 11.0 Å². The largest absolute Gasteiger partial charge is 0.493 e. The summed E-state index contributed by atoms with van der Waals surface area (Å²) in [6.07, 6.45) is -5.17. The first-order valence-electron chi connectivity index (χ1n) is 8.67. The number of dihydropyridines is 1. The number of nitrogens with one attached hydrogen (secondary N) is 3. The van der Waals surface area contributed by atoms with Gasteiger partial charge >= 0.3 is 12.1 Å². The molecule has 0 fully saturated rings. The van der Waals surface area contributed by atoms with E-state index in [-0.39, 0.29) is 18.9 Å². The van der Waals surface area contributed by atoms with Crippen LogP contribution in [0.15, 0.2) is 45.5 Å². The Morgan fingerprint density at radius 3 is 2.97 bits per heavy atom. The predicted octanol–water partition coefficient (Wildman–Crippen LogP) is 0.959. The van der Waals surface area contributed by atoms with Crippen molar-refractivity contribution >= 4 is 17.0 Å². The fourth-order valence-electron chi connectivity index (χ4n) is 3.44. The molecule has 1 aromatic heterocycles. The van der Waals surface area contributed by atoms with Gasteiger partial charge in [-0.2, -0.15) is 23.9 Å². The first kappa shape index (κ1) is 19.7. The predicted molar refractivity (Wildman–Crippen MR) is 93.3 cm³/mol. The lowest BCUT2D eigenvalue weighted by Gasteiger charge is -2.30. The molecular formula is C17H14F3N7O3. The van der Waals surface area contributed by atoms with E-state index in [1.807, 2.05) is 0 Å². The minimum atomic E-state index is -5.17. The Kier molecular flexibility index (Phi) is 4.80. The van der Waals surface area contributed by atoms with E-state index in [9.17, 15) is 23.2 Å². The number of hydroxylamine groups is 1. The summed E-state index contributed by atoms with van der Waals surface area (Å²) in [6, 6.07) is 7.28. The van der Waals surface area contributed by atoms with Crippen molar-refractivity contribution in [3.63, 3.8) is 0 Å². The molecule has 1 unspecified atom stereocenters. The van der Waals surface area contributed by atoms with Gasteiger partial charge in [-0.25, -0.2) is 9.42 Å². The van der Waals surface area contributed by atoms with Crippen LogP contribution in [0.3, 0.4) is 0 Å². The van der Waals surface area contributed by atoms with Gasteiger partial charge in [0.25, 0.3) is 0 Å². The molecule has 0 aliphatic carbocycles. The normalized spacial score (nSPS) is 19.0. The summed E-state index contributed by atoms with van der Waals surface area (Å²) < 4.78 is 42.8. The highest BCUT2D eigenvalue weighted by atomic mass is 19.4. The number of nitriles is 1. The van der Waals surface area contributed by atoms with Crippen molar-refractivity contribution in [1.29, 1.82) is 5.26 Å². The summed E-state index contributed by atoms with van der Waals surface area (Å²) in [7, 11) is 1.65. The van der Waals surface area contributed by atoms with E-state index in [1.165, 1.54) is 0 Å². The molecule has 0 radical (unpaired) electrons. The number of aromatic nitrogens is 2. The molecular weight excluding hydrogens is 407 g/mol. The van der Waals surface area contributed by atoms with Crippen molar-refractivity contribution in [2.75, 3.05) is 20.1 Å². The summed E-state index contributed by atoms with van der Waals surface area (Å²) in [4.78, 5) is 15.8. The van der Waals surface area contributed by atoms with Crippen LogP contribution >= 0.6 is 0 Å². The number of allylic oxidation sites excluding steroid dienone is 1. The van der Waals surface area contributed by atoms with Crippen molar-refractivity contribution in [1.82, 2.24) is 31.5 Å². The van der Waals surface area contributed by atoms with Crippen LogP contribution < -0.4 is 16.1 Å². The van der Waals surface area contributed by atoms with E-state index in [2.05, 4.69) is 37.3 Å². The second-order valence-electron chi connectivity index (χ2n) is 6.45. The third-order valence-electron chi connectivity index (χ3n) is 4.66. The molecule has 0 bridgehead atoms. The van der Waals surface area contributed by atoms with Gasteiger partial charge in [0.15, 0.2) is 5.82 Å². The molecule has 0 saturated carbocycles. The summed E-state index contributed by atoms with van der Waals surface area (Å²) in [6.45, 7) is 0.238. The minimum absolute atomic E-state index is 0.0256. The molecule has 0 saturated heterocycles. The lowest BCUT2D eigenvalue weighted by Crippen LogP contribution is -2.43. The van der Waals surface area contributed by atoms with Crippen LogP contribution in [0.4, 0.5) is 13.2 Å². The van der Waals surface area contributed by atoms with Crippen LogP contribution in [0.5, 0.6) is 0 Å². The zero-order valence-corrected chi connectivity index (χ0v) is 15.4. The van der Waals surface area contributed by atoms with Gasteiger partial charge in [-0.3, -0.25) is 0 Å². The van der Waals surface area contributed by atoms with E-state index in [0.29, 0.717) is 38.6 Å². The van der Waals surface area contributed by atoms with E-state index < -0.39 is 18.1 Å². The van der Waals surface area contributed by atoms with Crippen LogP contribution in [0.25, 0.3) is 11.0 Å². The molecule has 156 valence electrons. The van der Waals surface area contributed by atoms with Crippen LogP contribution in [0, 0.1) is 11.3 Å². The van der Waals surface area contributed by atoms with Crippen LogP contribution in [0.1, 0.15) is 11.5 Å². The molecule has 10 nitrogen and oxygen atoms in total. The van der Waals surface area contributed by atoms with Crippen LogP contribution in [-0.2, 0) is 9.63 Å². The maximum atomic E-state index is 12.7. The van der Waals surface area contributed by atoms with Crippen molar-refractivity contribution in [2.45, 2.75) is 12.1 Å². The molecule has 3 heterocycles. The topological polar surface area (TPSA) is 128 Å². The number of likely N-dealkylation sites (N-methyl/N-ethyl adjacent to an activating group) is 1. The quantitative estimate of drug-likeness (QED) is 0.657. The highest BCUT2D eigenvalue weighted by Gasteiger charge is 2.46. The average Bonchev–Trinajstić information content (AvgIpc) is 3.33. The standard InChI is InChI=1S/C17H14F3N7O3/c1-22-7-12-9(5-21)13(8-3-2-4-11-14(8)26-30-25-11)10-6-23-27(15(10)24-12)29-16(28)17(18,19)20/h2-4,13,22-24H,6-7H2,1H3. The van der Waals surface area contributed by atoms with Crippen molar-refractivity contribution < 1.29 is 27.4 Å². The number of hydrogen-bond donors (Lipinski definition) is 3. The Hall–Kier alpha value is -3.63. The molecule has 0 spiro atoms. The van der Waals surface area contributed by atoms with Crippen molar-refractivity contribution in [3.05, 3.63) is 46.4 Å². The zero-order chi connectivity index (χ0) is 21.5. The number of alkyl halides is 3. The molecule has 4 rings (SSSR count). The Balaban J connectivity index is 1.82. The van der Waals surface area contributed by atoms with Crippen molar-refractivity contribution in [2.24, 2.45) is 0 Å². The van der Waals surface area contributed by atoms with E-state index in [1.54, 1.807) is 25.2 Å². The van der Waals surface area contributed by atoms with Gasteiger partial charge < -0.3 is 15.5 Å². The minimum Gasteiger partial charge on any atom is -0.339 e. The highest BCUT2D eigenvalue weighted by Crippen LogP contribution is 2.41. The second-order valence-corrected chi connectivity index (χ2v) is 6.45. The van der Waals surface area contributed by atoms with Crippen molar-refractivity contribution in [3.8, 4) is 6.07 Å². The van der Waals surface area contributed by atoms with Gasteiger partial charge in [-0.1, -0.05) is 12.1 Å². The molecule has 1 aromatic carbocycles. The number of carbonyl (C=O) groups excluding carboxylic acids is 1. The van der Waals surface area contributed by atoms with E-state index >= 15 is 0 Å². The third-order valence-corrected chi connectivity index (χ3v) is 4.66. The molecule has 3 N–H and O–H groups in total. The number of benzene rings is 1. The monoisotopic (exact) mass is 421 g/mol. The Bertz CT molecular complexity index is 1120. The summed E-state index contributed by atoms with van der Waals surface area (Å²) in [5, 5.41) is 24.0. The fraction of sp³-hybridized carbons (Fsp3) is 0.294. The number of hydrazine groups is 1. The maximum absolute atomic E-state index is 12.7. The first-order valence-corrected chi connectivity index (χ1v) is 8.67. The molecule has 30 heavy (non-hydrogen) atoms. The van der Waals surface area contributed by atoms with E-state index in [4.69, 9.17) is 4.63 Å². The molecule has 13 heteroatoms. The molecule has 2 aliphatic rings. The number of halogens is 3. The third kappa shape index (κ3) is 3.21. The molecule has 1 atom stereocenters. The smallest absolute Gasteiger partial charge is 0.339 e. The van der Waals surface area contributed by atoms with Crippen LogP contribution in [-0.4, -0.2) is 47.8 Å². The maximum Gasteiger partial charge on any atom is 0.493 e. The molecule has 0 amide bonds. The summed E-state index contributed by atoms with van der Waals surface area (Å²) in [5.41, 5.74) is 5.30. The second kappa shape index (κ2) is 7.32. The number of hydrogen-bond acceptors (Lipinski definition) is 10. The fourth-order valence-corrected chi connectivity index (χ4v) is 3.44. The van der Waals surface area contributed by atoms with E-state index in [0.717, 1.165) is 0 Å². The zero-order valence-electron chi connectivity index (χ0n) is 15.4.